The fourth-order valence-electron chi connectivity index (χ4n) is 1.38. The van der Waals surface area contributed by atoms with Crippen LogP contribution in [-0.4, -0.2) is 21.1 Å². The minimum absolute atomic E-state index is 0.246. The molecule has 0 aromatic carbocycles. The van der Waals surface area contributed by atoms with Gasteiger partial charge in [-0.05, 0) is 25.5 Å². The Labute approximate surface area is 92.9 Å². The number of rotatable bonds is 2. The zero-order valence-corrected chi connectivity index (χ0v) is 9.11. The van der Waals surface area contributed by atoms with E-state index in [1.165, 1.54) is 0 Å². The van der Waals surface area contributed by atoms with Gasteiger partial charge in [0.15, 0.2) is 5.82 Å². The number of hydrogen-bond acceptors (Lipinski definition) is 3. The Morgan fingerprint density at radius 2 is 2.25 bits per heavy atom. The van der Waals surface area contributed by atoms with Crippen molar-refractivity contribution >= 4 is 11.7 Å². The SMILES string of the molecule is Cc1cc(NC(=O)c2ncccc2C)n[nH]1. The molecule has 0 aliphatic rings. The highest BCUT2D eigenvalue weighted by Gasteiger charge is 2.11. The number of aromatic nitrogens is 3. The van der Waals surface area contributed by atoms with Crippen LogP contribution in [0.1, 0.15) is 21.7 Å². The van der Waals surface area contributed by atoms with Crippen LogP contribution in [0.15, 0.2) is 24.4 Å². The van der Waals surface area contributed by atoms with Gasteiger partial charge < -0.3 is 5.32 Å². The number of anilines is 1. The van der Waals surface area contributed by atoms with Crippen LogP contribution in [0.5, 0.6) is 0 Å². The van der Waals surface area contributed by atoms with Gasteiger partial charge in [-0.2, -0.15) is 5.10 Å². The largest absolute Gasteiger partial charge is 0.304 e. The van der Waals surface area contributed by atoms with Gasteiger partial charge in [0.2, 0.25) is 0 Å². The van der Waals surface area contributed by atoms with Crippen LogP contribution in [0.2, 0.25) is 0 Å². The number of nitrogens with zero attached hydrogens (tertiary/aromatic N) is 2. The number of nitrogens with one attached hydrogen (secondary N) is 2. The lowest BCUT2D eigenvalue weighted by Crippen LogP contribution is -2.15. The molecule has 5 heteroatoms. The first-order chi connectivity index (χ1) is 7.66. The summed E-state index contributed by atoms with van der Waals surface area (Å²) in [5, 5.41) is 9.36. The summed E-state index contributed by atoms with van der Waals surface area (Å²) in [6.45, 7) is 3.71. The van der Waals surface area contributed by atoms with Crippen molar-refractivity contribution in [3.8, 4) is 0 Å². The van der Waals surface area contributed by atoms with E-state index in [4.69, 9.17) is 0 Å². The lowest BCUT2D eigenvalue weighted by molar-refractivity contribution is 0.102. The van der Waals surface area contributed by atoms with Gasteiger partial charge in [-0.1, -0.05) is 6.07 Å². The molecule has 16 heavy (non-hydrogen) atoms. The van der Waals surface area contributed by atoms with E-state index < -0.39 is 0 Å². The second-order valence-electron chi connectivity index (χ2n) is 3.56. The van der Waals surface area contributed by atoms with Gasteiger partial charge in [-0.25, -0.2) is 0 Å². The van der Waals surface area contributed by atoms with E-state index in [-0.39, 0.29) is 5.91 Å². The summed E-state index contributed by atoms with van der Waals surface area (Å²) in [5.41, 5.74) is 2.16. The summed E-state index contributed by atoms with van der Waals surface area (Å²) in [5.74, 6) is 0.261. The highest BCUT2D eigenvalue weighted by atomic mass is 16.1. The molecular weight excluding hydrogens is 204 g/mol. The maximum Gasteiger partial charge on any atom is 0.275 e. The van der Waals surface area contributed by atoms with Crippen molar-refractivity contribution in [2.24, 2.45) is 0 Å². The fraction of sp³-hybridized carbons (Fsp3) is 0.182. The van der Waals surface area contributed by atoms with Crippen molar-refractivity contribution in [3.05, 3.63) is 41.3 Å². The van der Waals surface area contributed by atoms with Gasteiger partial charge in [0.1, 0.15) is 5.69 Å². The molecule has 5 nitrogen and oxygen atoms in total. The van der Waals surface area contributed by atoms with Crippen LogP contribution in [0.25, 0.3) is 0 Å². The zero-order valence-electron chi connectivity index (χ0n) is 9.11. The van der Waals surface area contributed by atoms with Crippen LogP contribution in [0, 0.1) is 13.8 Å². The summed E-state index contributed by atoms with van der Waals surface area (Å²) in [7, 11) is 0. The predicted octanol–water partition coefficient (Wildman–Crippen LogP) is 1.67. The smallest absolute Gasteiger partial charge is 0.275 e. The highest BCUT2D eigenvalue weighted by molar-refractivity contribution is 6.03. The van der Waals surface area contributed by atoms with E-state index in [1.54, 1.807) is 18.3 Å². The van der Waals surface area contributed by atoms with E-state index in [2.05, 4.69) is 20.5 Å². The van der Waals surface area contributed by atoms with Crippen LogP contribution in [-0.2, 0) is 0 Å². The van der Waals surface area contributed by atoms with E-state index in [1.807, 2.05) is 19.9 Å². The first kappa shape index (κ1) is 10.4. The molecule has 2 rings (SSSR count). The average molecular weight is 216 g/mol. The number of amides is 1. The lowest BCUT2D eigenvalue weighted by atomic mass is 10.2. The minimum atomic E-state index is -0.246. The summed E-state index contributed by atoms with van der Waals surface area (Å²) < 4.78 is 0. The second-order valence-corrected chi connectivity index (χ2v) is 3.56. The number of carbonyl (C=O) groups excluding carboxylic acids is 1. The Balaban J connectivity index is 2.18. The number of aryl methyl sites for hydroxylation is 2. The molecule has 0 radical (unpaired) electrons. The summed E-state index contributed by atoms with van der Waals surface area (Å²) in [6, 6.07) is 5.40. The van der Waals surface area contributed by atoms with Gasteiger partial charge >= 0.3 is 0 Å². The van der Waals surface area contributed by atoms with Gasteiger partial charge in [-0.15, -0.1) is 0 Å². The Morgan fingerprint density at radius 3 is 2.88 bits per heavy atom. The molecule has 0 atom stereocenters. The topological polar surface area (TPSA) is 70.7 Å². The van der Waals surface area contributed by atoms with Gasteiger partial charge in [0.05, 0.1) is 0 Å². The fourth-order valence-corrected chi connectivity index (χ4v) is 1.38. The van der Waals surface area contributed by atoms with Gasteiger partial charge in [0, 0.05) is 18.0 Å². The highest BCUT2D eigenvalue weighted by Crippen LogP contribution is 2.08. The molecule has 0 unspecified atom stereocenters. The number of hydrogen-bond donors (Lipinski definition) is 2. The molecule has 0 aliphatic heterocycles. The summed E-state index contributed by atoms with van der Waals surface area (Å²) in [4.78, 5) is 15.8. The van der Waals surface area contributed by atoms with Crippen LogP contribution in [0.3, 0.4) is 0 Å². The van der Waals surface area contributed by atoms with Crippen LogP contribution < -0.4 is 5.32 Å². The van der Waals surface area contributed by atoms with Crippen molar-refractivity contribution in [2.75, 3.05) is 5.32 Å². The molecule has 2 aromatic heterocycles. The predicted molar refractivity (Wildman–Crippen MR) is 60.3 cm³/mol. The lowest BCUT2D eigenvalue weighted by Gasteiger charge is -2.03. The van der Waals surface area contributed by atoms with Crippen molar-refractivity contribution in [2.45, 2.75) is 13.8 Å². The third-order valence-corrected chi connectivity index (χ3v) is 2.17. The number of carbonyl (C=O) groups is 1. The molecule has 2 N–H and O–H groups in total. The normalized spacial score (nSPS) is 10.1. The number of H-pyrrole nitrogens is 1. The summed E-state index contributed by atoms with van der Waals surface area (Å²) >= 11 is 0. The maximum atomic E-state index is 11.8. The zero-order chi connectivity index (χ0) is 11.5. The summed E-state index contributed by atoms with van der Waals surface area (Å²) in [6.07, 6.45) is 1.59. The Morgan fingerprint density at radius 1 is 1.44 bits per heavy atom. The molecule has 2 aromatic rings. The molecule has 1 amide bonds. The van der Waals surface area contributed by atoms with Crippen molar-refractivity contribution in [3.63, 3.8) is 0 Å². The third-order valence-electron chi connectivity index (χ3n) is 2.17. The molecule has 0 saturated heterocycles. The number of aromatic amines is 1. The van der Waals surface area contributed by atoms with E-state index in [0.29, 0.717) is 11.5 Å². The van der Waals surface area contributed by atoms with Gasteiger partial charge in [-0.3, -0.25) is 14.9 Å². The third kappa shape index (κ3) is 2.08. The van der Waals surface area contributed by atoms with Crippen molar-refractivity contribution in [1.29, 1.82) is 0 Å². The average Bonchev–Trinajstić information content (AvgIpc) is 2.64. The first-order valence-electron chi connectivity index (χ1n) is 4.92. The molecule has 0 bridgehead atoms. The van der Waals surface area contributed by atoms with Crippen molar-refractivity contribution in [1.82, 2.24) is 15.2 Å². The molecule has 82 valence electrons. The molecule has 0 fully saturated rings. The quantitative estimate of drug-likeness (QED) is 0.802. The molecular formula is C11H12N4O. The van der Waals surface area contributed by atoms with Gasteiger partial charge in [0.25, 0.3) is 5.91 Å². The van der Waals surface area contributed by atoms with E-state index in [9.17, 15) is 4.79 Å². The van der Waals surface area contributed by atoms with Crippen LogP contribution in [0.4, 0.5) is 5.82 Å². The maximum absolute atomic E-state index is 11.8. The number of pyridine rings is 1. The molecule has 0 aliphatic carbocycles. The van der Waals surface area contributed by atoms with Crippen LogP contribution >= 0.6 is 0 Å². The molecule has 2 heterocycles. The minimum Gasteiger partial charge on any atom is -0.304 e. The molecule has 0 spiro atoms. The second kappa shape index (κ2) is 4.14. The standard InChI is InChI=1S/C11H12N4O/c1-7-4-3-5-12-10(7)11(16)13-9-6-8(2)14-15-9/h3-6H,1-2H3,(H2,13,14,15,16). The van der Waals surface area contributed by atoms with E-state index in [0.717, 1.165) is 11.3 Å². The Kier molecular flexibility index (Phi) is 2.68. The Bertz CT molecular complexity index is 518. The monoisotopic (exact) mass is 216 g/mol. The first-order valence-corrected chi connectivity index (χ1v) is 4.92. The van der Waals surface area contributed by atoms with Crippen molar-refractivity contribution < 1.29 is 4.79 Å². The Hall–Kier alpha value is -2.17. The molecule has 0 saturated carbocycles. The van der Waals surface area contributed by atoms with E-state index >= 15 is 0 Å².